The molecule has 172 valence electrons. The number of imidazole rings is 1. The first-order valence-electron chi connectivity index (χ1n) is 10.2. The summed E-state index contributed by atoms with van der Waals surface area (Å²) in [5, 5.41) is 12.6. The van der Waals surface area contributed by atoms with Gasteiger partial charge in [-0.1, -0.05) is 12.1 Å². The number of ether oxygens (including phenoxy) is 1. The highest BCUT2D eigenvalue weighted by molar-refractivity contribution is 6.04. The minimum Gasteiger partial charge on any atom is -0.394 e. The lowest BCUT2D eigenvalue weighted by Crippen LogP contribution is -2.52. The van der Waals surface area contributed by atoms with Crippen LogP contribution in [0, 0.1) is 11.6 Å². The molecule has 2 heterocycles. The first-order chi connectivity index (χ1) is 15.9. The number of nitrogens with zero attached hydrogens (tertiary/aromatic N) is 3. The molecule has 10 heteroatoms. The van der Waals surface area contributed by atoms with Crippen LogP contribution in [0.3, 0.4) is 0 Å². The summed E-state index contributed by atoms with van der Waals surface area (Å²) in [5.74, 6) is -1.92. The molecule has 0 radical (unpaired) electrons. The summed E-state index contributed by atoms with van der Waals surface area (Å²) in [6.45, 7) is -0.231. The third-order valence-corrected chi connectivity index (χ3v) is 5.50. The maximum absolute atomic E-state index is 13.4. The third-order valence-electron chi connectivity index (χ3n) is 5.50. The number of rotatable bonds is 6. The molecule has 1 fully saturated rings. The second-order valence-electron chi connectivity index (χ2n) is 7.69. The monoisotopic (exact) mass is 456 g/mol. The van der Waals surface area contributed by atoms with Crippen molar-refractivity contribution >= 4 is 17.5 Å². The molecule has 1 aromatic heterocycles. The lowest BCUT2D eigenvalue weighted by atomic mass is 9.99. The van der Waals surface area contributed by atoms with E-state index in [9.17, 15) is 23.5 Å². The molecule has 2 unspecified atom stereocenters. The van der Waals surface area contributed by atoms with Crippen LogP contribution >= 0.6 is 0 Å². The topological polar surface area (TPSA) is 96.7 Å². The average Bonchev–Trinajstić information content (AvgIpc) is 3.19. The normalized spacial score (nSPS) is 18.4. The van der Waals surface area contributed by atoms with Gasteiger partial charge in [0.2, 0.25) is 5.91 Å². The molecule has 33 heavy (non-hydrogen) atoms. The van der Waals surface area contributed by atoms with E-state index in [1.54, 1.807) is 46.1 Å². The Balaban J connectivity index is 1.49. The van der Waals surface area contributed by atoms with Crippen molar-refractivity contribution in [1.82, 2.24) is 14.5 Å². The van der Waals surface area contributed by atoms with E-state index in [-0.39, 0.29) is 31.2 Å². The number of aliphatic hydroxyl groups is 1. The van der Waals surface area contributed by atoms with Gasteiger partial charge in [0.15, 0.2) is 0 Å². The number of morpholine rings is 1. The second kappa shape index (κ2) is 9.47. The van der Waals surface area contributed by atoms with Crippen LogP contribution in [-0.4, -0.2) is 50.6 Å². The van der Waals surface area contributed by atoms with Gasteiger partial charge in [0.05, 0.1) is 19.2 Å². The number of benzene rings is 2. The first-order valence-corrected chi connectivity index (χ1v) is 10.2. The van der Waals surface area contributed by atoms with Crippen molar-refractivity contribution < 1.29 is 28.2 Å². The molecule has 0 spiro atoms. The average molecular weight is 456 g/mol. The van der Waals surface area contributed by atoms with Gasteiger partial charge in [0, 0.05) is 36.8 Å². The molecule has 2 aromatic carbocycles. The predicted octanol–water partition coefficient (Wildman–Crippen LogP) is 2.41. The Bertz CT molecular complexity index is 1150. The van der Waals surface area contributed by atoms with Gasteiger partial charge in [-0.3, -0.25) is 9.59 Å². The third kappa shape index (κ3) is 4.91. The molecule has 2 atom stereocenters. The number of aliphatic hydroxyl groups excluding tert-OH is 1. The van der Waals surface area contributed by atoms with Crippen LogP contribution in [0.1, 0.15) is 27.8 Å². The number of aryl methyl sites for hydroxylation is 1. The Morgan fingerprint density at radius 2 is 1.91 bits per heavy atom. The molecule has 4 rings (SSSR count). The molecule has 1 aliphatic heterocycles. The summed E-state index contributed by atoms with van der Waals surface area (Å²) in [5.41, 5.74) is 0.961. The molecule has 2 N–H and O–H groups in total. The van der Waals surface area contributed by atoms with Crippen LogP contribution in [0.4, 0.5) is 14.5 Å². The minimum atomic E-state index is -0.843. The molecule has 1 aliphatic rings. The van der Waals surface area contributed by atoms with Gasteiger partial charge in [-0.05, 0) is 29.8 Å². The molecule has 0 bridgehead atoms. The van der Waals surface area contributed by atoms with Gasteiger partial charge in [-0.2, -0.15) is 0 Å². The minimum absolute atomic E-state index is 0.143. The van der Waals surface area contributed by atoms with Gasteiger partial charge >= 0.3 is 0 Å². The van der Waals surface area contributed by atoms with E-state index in [1.807, 2.05) is 7.05 Å². The zero-order valence-corrected chi connectivity index (χ0v) is 17.7. The van der Waals surface area contributed by atoms with Crippen molar-refractivity contribution in [1.29, 1.82) is 0 Å². The van der Waals surface area contributed by atoms with Gasteiger partial charge in [-0.15, -0.1) is 0 Å². The number of hydrogen-bond acceptors (Lipinski definition) is 5. The number of carbonyl (C=O) groups excluding carboxylic acids is 2. The van der Waals surface area contributed by atoms with E-state index in [2.05, 4.69) is 10.3 Å². The number of hydrogen-bond donors (Lipinski definition) is 2. The van der Waals surface area contributed by atoms with Crippen molar-refractivity contribution in [3.8, 4) is 0 Å². The van der Waals surface area contributed by atoms with E-state index < -0.39 is 29.7 Å². The number of carbonyl (C=O) groups is 2. The highest BCUT2D eigenvalue weighted by Crippen LogP contribution is 2.30. The van der Waals surface area contributed by atoms with Crippen LogP contribution in [0.15, 0.2) is 54.9 Å². The Labute approximate surface area is 188 Å². The summed E-state index contributed by atoms with van der Waals surface area (Å²) < 4.78 is 34.3. The molecule has 1 saturated heterocycles. The highest BCUT2D eigenvalue weighted by atomic mass is 19.1. The largest absolute Gasteiger partial charge is 0.394 e. The second-order valence-corrected chi connectivity index (χ2v) is 7.69. The van der Waals surface area contributed by atoms with E-state index in [1.165, 1.54) is 0 Å². The Morgan fingerprint density at radius 1 is 1.21 bits per heavy atom. The quantitative estimate of drug-likeness (QED) is 0.594. The highest BCUT2D eigenvalue weighted by Gasteiger charge is 2.37. The van der Waals surface area contributed by atoms with E-state index in [4.69, 9.17) is 4.74 Å². The van der Waals surface area contributed by atoms with Crippen molar-refractivity contribution in [3.05, 3.63) is 83.4 Å². The first kappa shape index (κ1) is 22.6. The molecule has 0 aliphatic carbocycles. The van der Waals surface area contributed by atoms with Crippen molar-refractivity contribution in [2.24, 2.45) is 7.05 Å². The van der Waals surface area contributed by atoms with Gasteiger partial charge in [-0.25, -0.2) is 13.8 Å². The number of amides is 2. The Kier molecular flexibility index (Phi) is 6.47. The van der Waals surface area contributed by atoms with E-state index >= 15 is 0 Å². The number of halogens is 2. The summed E-state index contributed by atoms with van der Waals surface area (Å²) >= 11 is 0. The Hall–Kier alpha value is -3.63. The SMILES string of the molecule is Cn1ccnc1CN1C(=O)COC(c2ccc(NC(=O)c3cc(F)cc(F)c3)cc2)C1CO. The summed E-state index contributed by atoms with van der Waals surface area (Å²) in [6, 6.07) is 8.57. The summed E-state index contributed by atoms with van der Waals surface area (Å²) in [4.78, 5) is 30.6. The van der Waals surface area contributed by atoms with Gasteiger partial charge in [0.25, 0.3) is 5.91 Å². The lowest BCUT2D eigenvalue weighted by molar-refractivity contribution is -0.162. The van der Waals surface area contributed by atoms with Crippen LogP contribution in [0.2, 0.25) is 0 Å². The zero-order chi connectivity index (χ0) is 23.5. The Morgan fingerprint density at radius 3 is 2.52 bits per heavy atom. The van der Waals surface area contributed by atoms with Crippen LogP contribution in [0.25, 0.3) is 0 Å². The predicted molar refractivity (Wildman–Crippen MR) is 114 cm³/mol. The van der Waals surface area contributed by atoms with Crippen molar-refractivity contribution in [2.75, 3.05) is 18.5 Å². The molecular weight excluding hydrogens is 434 g/mol. The fourth-order valence-corrected chi connectivity index (χ4v) is 3.77. The standard InChI is InChI=1S/C23H22F2N4O4/c1-28-7-6-26-20(28)11-29-19(12-30)22(33-13-21(29)31)14-2-4-18(5-3-14)27-23(32)15-8-16(24)10-17(25)9-15/h2-10,19,22,30H,11-13H2,1H3,(H,27,32). The number of anilines is 1. The maximum Gasteiger partial charge on any atom is 0.255 e. The maximum atomic E-state index is 13.4. The molecule has 2 amide bonds. The van der Waals surface area contributed by atoms with Crippen LogP contribution < -0.4 is 5.32 Å². The van der Waals surface area contributed by atoms with Crippen LogP contribution in [-0.2, 0) is 23.1 Å². The van der Waals surface area contributed by atoms with Gasteiger partial charge < -0.3 is 24.6 Å². The zero-order valence-electron chi connectivity index (χ0n) is 17.7. The lowest BCUT2D eigenvalue weighted by Gasteiger charge is -2.40. The van der Waals surface area contributed by atoms with Crippen molar-refractivity contribution in [2.45, 2.75) is 18.7 Å². The molecular formula is C23H22F2N4O4. The summed E-state index contributed by atoms with van der Waals surface area (Å²) in [7, 11) is 1.82. The van der Waals surface area contributed by atoms with E-state index in [0.29, 0.717) is 23.1 Å². The fourth-order valence-electron chi connectivity index (χ4n) is 3.77. The molecule has 3 aromatic rings. The number of aromatic nitrogens is 2. The molecule has 0 saturated carbocycles. The smallest absolute Gasteiger partial charge is 0.255 e. The fraction of sp³-hybridized carbons (Fsp3) is 0.261. The molecule has 8 nitrogen and oxygen atoms in total. The number of nitrogens with one attached hydrogen (secondary N) is 1. The van der Waals surface area contributed by atoms with E-state index in [0.717, 1.165) is 12.1 Å². The van der Waals surface area contributed by atoms with Crippen LogP contribution in [0.5, 0.6) is 0 Å². The summed E-state index contributed by atoms with van der Waals surface area (Å²) in [6.07, 6.45) is 2.82. The van der Waals surface area contributed by atoms with Crippen molar-refractivity contribution in [3.63, 3.8) is 0 Å². The van der Waals surface area contributed by atoms with Gasteiger partial charge in [0.1, 0.15) is 30.2 Å².